The highest BCUT2D eigenvalue weighted by Gasteiger charge is 2.31. The number of carbonyl (C=O) groups is 1. The summed E-state index contributed by atoms with van der Waals surface area (Å²) in [6.45, 7) is 3.79. The molecule has 0 bridgehead atoms. The molecular formula is C14H19BrN2O2. The van der Waals surface area contributed by atoms with Gasteiger partial charge in [0.2, 0.25) is 0 Å². The number of rotatable bonds is 3. The molecule has 2 atom stereocenters. The first kappa shape index (κ1) is 14.3. The van der Waals surface area contributed by atoms with Crippen molar-refractivity contribution in [3.8, 4) is 0 Å². The molecule has 0 spiro atoms. The summed E-state index contributed by atoms with van der Waals surface area (Å²) in [5.41, 5.74) is 1.14. The highest BCUT2D eigenvalue weighted by molar-refractivity contribution is 9.10. The van der Waals surface area contributed by atoms with E-state index in [1.54, 1.807) is 0 Å². The van der Waals surface area contributed by atoms with Crippen LogP contribution in [0.1, 0.15) is 13.3 Å². The van der Waals surface area contributed by atoms with Gasteiger partial charge >= 0.3 is 5.97 Å². The van der Waals surface area contributed by atoms with Crippen LogP contribution in [0.3, 0.4) is 0 Å². The molecule has 5 heteroatoms. The first-order valence-corrected chi connectivity index (χ1v) is 7.21. The van der Waals surface area contributed by atoms with Crippen LogP contribution in [0.15, 0.2) is 28.7 Å². The normalized spacial score (nSPS) is 24.5. The molecule has 0 saturated carbocycles. The fourth-order valence-corrected chi connectivity index (χ4v) is 3.12. The second kappa shape index (κ2) is 5.92. The number of carboxylic acids is 1. The summed E-state index contributed by atoms with van der Waals surface area (Å²) in [6, 6.07) is 8.47. The van der Waals surface area contributed by atoms with E-state index < -0.39 is 5.97 Å². The number of carboxylic acid groups (broad SMARTS) is 1. The maximum atomic E-state index is 11.0. The van der Waals surface area contributed by atoms with E-state index in [1.807, 2.05) is 25.2 Å². The van der Waals surface area contributed by atoms with Gasteiger partial charge in [-0.2, -0.15) is 0 Å². The van der Waals surface area contributed by atoms with Crippen LogP contribution in [-0.2, 0) is 4.79 Å². The average molecular weight is 327 g/mol. The van der Waals surface area contributed by atoms with Gasteiger partial charge in [0.15, 0.2) is 0 Å². The highest BCUT2D eigenvalue weighted by Crippen LogP contribution is 2.29. The minimum atomic E-state index is -0.738. The number of para-hydroxylation sites is 1. The zero-order valence-corrected chi connectivity index (χ0v) is 12.8. The van der Waals surface area contributed by atoms with E-state index >= 15 is 0 Å². The number of benzene rings is 1. The molecule has 1 aromatic carbocycles. The second-order valence-corrected chi connectivity index (χ2v) is 5.98. The molecule has 0 amide bonds. The smallest absolute Gasteiger partial charge is 0.305 e. The fourth-order valence-electron chi connectivity index (χ4n) is 2.58. The number of halogens is 1. The van der Waals surface area contributed by atoms with Gasteiger partial charge in [0, 0.05) is 29.6 Å². The van der Waals surface area contributed by atoms with Crippen molar-refractivity contribution >= 4 is 27.6 Å². The predicted molar refractivity (Wildman–Crippen MR) is 79.6 cm³/mol. The van der Waals surface area contributed by atoms with Crippen molar-refractivity contribution in [1.29, 1.82) is 0 Å². The molecule has 2 rings (SSSR count). The zero-order chi connectivity index (χ0) is 14.0. The Kier molecular flexibility index (Phi) is 4.47. The first-order chi connectivity index (χ1) is 8.99. The summed E-state index contributed by atoms with van der Waals surface area (Å²) in [5.74, 6) is -0.738. The molecule has 1 aromatic rings. The van der Waals surface area contributed by atoms with Gasteiger partial charge < -0.3 is 10.0 Å². The molecule has 0 aromatic heterocycles. The minimum absolute atomic E-state index is 0.0494. The van der Waals surface area contributed by atoms with Gasteiger partial charge in [-0.15, -0.1) is 0 Å². The summed E-state index contributed by atoms with van der Waals surface area (Å²) in [5, 5.41) is 9.03. The van der Waals surface area contributed by atoms with Crippen LogP contribution in [0.5, 0.6) is 0 Å². The number of hydrogen-bond acceptors (Lipinski definition) is 3. The van der Waals surface area contributed by atoms with E-state index in [0.717, 1.165) is 23.2 Å². The molecule has 2 unspecified atom stereocenters. The van der Waals surface area contributed by atoms with Crippen molar-refractivity contribution in [2.24, 2.45) is 0 Å². The summed E-state index contributed by atoms with van der Waals surface area (Å²) in [4.78, 5) is 15.4. The third-order valence-electron chi connectivity index (χ3n) is 3.79. The molecule has 1 aliphatic rings. The van der Waals surface area contributed by atoms with Gasteiger partial charge in [0.05, 0.1) is 12.1 Å². The van der Waals surface area contributed by atoms with E-state index in [2.05, 4.69) is 38.7 Å². The SMILES string of the molecule is CC1CN(c2ccccc2Br)CC(CC(=O)O)N1C. The second-order valence-electron chi connectivity index (χ2n) is 5.12. The lowest BCUT2D eigenvalue weighted by atomic mass is 10.0. The maximum Gasteiger partial charge on any atom is 0.305 e. The molecular weight excluding hydrogens is 308 g/mol. The Labute approximate surface area is 122 Å². The average Bonchev–Trinajstić information content (AvgIpc) is 2.35. The van der Waals surface area contributed by atoms with Gasteiger partial charge in [0.25, 0.3) is 0 Å². The summed E-state index contributed by atoms with van der Waals surface area (Å²) < 4.78 is 1.06. The molecule has 104 valence electrons. The summed E-state index contributed by atoms with van der Waals surface area (Å²) in [6.07, 6.45) is 0.182. The Balaban J connectivity index is 2.19. The van der Waals surface area contributed by atoms with Crippen LogP contribution in [0.2, 0.25) is 0 Å². The van der Waals surface area contributed by atoms with E-state index in [0.29, 0.717) is 6.04 Å². The van der Waals surface area contributed by atoms with E-state index in [1.165, 1.54) is 0 Å². The standard InChI is InChI=1S/C14H19BrN2O2/c1-10-8-17(13-6-4-3-5-12(13)15)9-11(16(10)2)7-14(18)19/h3-6,10-11H,7-9H2,1-2H3,(H,18,19). The molecule has 1 fully saturated rings. The lowest BCUT2D eigenvalue weighted by Gasteiger charge is -2.44. The number of anilines is 1. The van der Waals surface area contributed by atoms with Gasteiger partial charge in [-0.25, -0.2) is 0 Å². The molecule has 1 aliphatic heterocycles. The number of piperazine rings is 1. The molecule has 19 heavy (non-hydrogen) atoms. The Hall–Kier alpha value is -1.07. The zero-order valence-electron chi connectivity index (χ0n) is 11.2. The molecule has 1 heterocycles. The number of hydrogen-bond donors (Lipinski definition) is 1. The van der Waals surface area contributed by atoms with Crippen molar-refractivity contribution in [3.63, 3.8) is 0 Å². The third kappa shape index (κ3) is 3.28. The maximum absolute atomic E-state index is 11.0. The van der Waals surface area contributed by atoms with Gasteiger partial charge in [-0.05, 0) is 42.0 Å². The number of aliphatic carboxylic acids is 1. The van der Waals surface area contributed by atoms with Crippen molar-refractivity contribution in [3.05, 3.63) is 28.7 Å². The van der Waals surface area contributed by atoms with Crippen LogP contribution in [0, 0.1) is 0 Å². The van der Waals surface area contributed by atoms with Crippen LogP contribution < -0.4 is 4.90 Å². The van der Waals surface area contributed by atoms with Gasteiger partial charge in [-0.3, -0.25) is 9.69 Å². The first-order valence-electron chi connectivity index (χ1n) is 6.42. The summed E-state index contributed by atoms with van der Waals surface area (Å²) >= 11 is 3.57. The van der Waals surface area contributed by atoms with Crippen LogP contribution in [0.4, 0.5) is 5.69 Å². The Morgan fingerprint density at radius 1 is 1.42 bits per heavy atom. The molecule has 1 saturated heterocycles. The van der Waals surface area contributed by atoms with Crippen molar-refractivity contribution in [1.82, 2.24) is 4.90 Å². The summed E-state index contributed by atoms with van der Waals surface area (Å²) in [7, 11) is 2.01. The largest absolute Gasteiger partial charge is 0.481 e. The number of nitrogens with zero attached hydrogens (tertiary/aromatic N) is 2. The number of likely N-dealkylation sites (N-methyl/N-ethyl adjacent to an activating group) is 1. The minimum Gasteiger partial charge on any atom is -0.481 e. The van der Waals surface area contributed by atoms with Crippen LogP contribution in [0.25, 0.3) is 0 Å². The van der Waals surface area contributed by atoms with Gasteiger partial charge in [-0.1, -0.05) is 12.1 Å². The molecule has 0 radical (unpaired) electrons. The van der Waals surface area contributed by atoms with Crippen molar-refractivity contribution < 1.29 is 9.90 Å². The fraction of sp³-hybridized carbons (Fsp3) is 0.500. The monoisotopic (exact) mass is 326 g/mol. The molecule has 0 aliphatic carbocycles. The lowest BCUT2D eigenvalue weighted by Crippen LogP contribution is -2.56. The van der Waals surface area contributed by atoms with Crippen LogP contribution >= 0.6 is 15.9 Å². The lowest BCUT2D eigenvalue weighted by molar-refractivity contribution is -0.138. The Morgan fingerprint density at radius 2 is 2.11 bits per heavy atom. The molecule has 1 N–H and O–H groups in total. The highest BCUT2D eigenvalue weighted by atomic mass is 79.9. The van der Waals surface area contributed by atoms with Crippen LogP contribution in [-0.4, -0.2) is 48.2 Å². The topological polar surface area (TPSA) is 43.8 Å². The van der Waals surface area contributed by atoms with E-state index in [9.17, 15) is 4.79 Å². The van der Waals surface area contributed by atoms with E-state index in [4.69, 9.17) is 5.11 Å². The predicted octanol–water partition coefficient (Wildman–Crippen LogP) is 2.43. The van der Waals surface area contributed by atoms with Crippen molar-refractivity contribution in [2.45, 2.75) is 25.4 Å². The van der Waals surface area contributed by atoms with E-state index in [-0.39, 0.29) is 12.5 Å². The molecule has 4 nitrogen and oxygen atoms in total. The van der Waals surface area contributed by atoms with Gasteiger partial charge in [0.1, 0.15) is 0 Å². The van der Waals surface area contributed by atoms with Crippen molar-refractivity contribution in [2.75, 3.05) is 25.0 Å². The Morgan fingerprint density at radius 3 is 2.74 bits per heavy atom. The quantitative estimate of drug-likeness (QED) is 0.926. The third-order valence-corrected chi connectivity index (χ3v) is 4.46. The Bertz CT molecular complexity index is 467.